The predicted octanol–water partition coefficient (Wildman–Crippen LogP) is 0.672. The minimum Gasteiger partial charge on any atom is -0.481 e. The maximum absolute atomic E-state index is 12.2. The van der Waals surface area contributed by atoms with Crippen LogP contribution in [0.5, 0.6) is 0 Å². The van der Waals surface area contributed by atoms with Gasteiger partial charge in [0, 0.05) is 12.5 Å². The highest BCUT2D eigenvalue weighted by Gasteiger charge is 2.28. The first kappa shape index (κ1) is 18.8. The maximum atomic E-state index is 12.2. The average Bonchev–Trinajstić information content (AvgIpc) is 2.65. The van der Waals surface area contributed by atoms with Crippen LogP contribution in [-0.2, 0) is 14.4 Å². The monoisotopic (exact) mass is 374 g/mol. The summed E-state index contributed by atoms with van der Waals surface area (Å²) >= 11 is 0. The molecule has 1 saturated carbocycles. The number of nitrogens with zero attached hydrogens (tertiary/aromatic N) is 1. The fourth-order valence-electron chi connectivity index (χ4n) is 3.40. The molecule has 1 atom stereocenters. The summed E-state index contributed by atoms with van der Waals surface area (Å²) in [7, 11) is 0. The number of imide groups is 1. The van der Waals surface area contributed by atoms with Gasteiger partial charge in [0.15, 0.2) is 0 Å². The summed E-state index contributed by atoms with van der Waals surface area (Å²) in [5.41, 5.74) is 0.936. The number of carbonyl (C=O) groups excluding carboxylic acids is 3. The second-order valence-corrected chi connectivity index (χ2v) is 6.94. The van der Waals surface area contributed by atoms with Gasteiger partial charge in [-0.15, -0.1) is 0 Å². The van der Waals surface area contributed by atoms with Gasteiger partial charge in [-0.05, 0) is 44.2 Å². The molecule has 1 aromatic heterocycles. The van der Waals surface area contributed by atoms with Crippen LogP contribution >= 0.6 is 0 Å². The molecule has 2 aliphatic rings. The van der Waals surface area contributed by atoms with E-state index in [4.69, 9.17) is 5.11 Å². The summed E-state index contributed by atoms with van der Waals surface area (Å²) in [4.78, 5) is 50.2. The molecule has 0 radical (unpaired) electrons. The minimum absolute atomic E-state index is 0.180. The molecule has 1 unspecified atom stereocenters. The Morgan fingerprint density at radius 2 is 1.85 bits per heavy atom. The van der Waals surface area contributed by atoms with E-state index in [0.29, 0.717) is 12.8 Å². The van der Waals surface area contributed by atoms with Crippen LogP contribution in [-0.4, -0.2) is 45.9 Å². The van der Waals surface area contributed by atoms with Crippen LogP contribution in [0, 0.1) is 5.92 Å². The van der Waals surface area contributed by atoms with Crippen LogP contribution in [0.25, 0.3) is 0 Å². The van der Waals surface area contributed by atoms with Crippen molar-refractivity contribution in [2.45, 2.75) is 50.6 Å². The summed E-state index contributed by atoms with van der Waals surface area (Å²) in [6.07, 6.45) is 4.85. The molecular formula is C18H22N4O5. The lowest BCUT2D eigenvalue weighted by molar-refractivity contribution is -0.143. The molecule has 1 aliphatic carbocycles. The molecule has 4 N–H and O–H groups in total. The number of pyridine rings is 1. The Labute approximate surface area is 155 Å². The van der Waals surface area contributed by atoms with Gasteiger partial charge in [0.2, 0.25) is 11.8 Å². The van der Waals surface area contributed by atoms with Crippen molar-refractivity contribution in [2.24, 2.45) is 5.92 Å². The number of hydrogen-bond donors (Lipinski definition) is 4. The highest BCUT2D eigenvalue weighted by atomic mass is 16.4. The fraction of sp³-hybridized carbons (Fsp3) is 0.500. The zero-order chi connectivity index (χ0) is 19.4. The van der Waals surface area contributed by atoms with Gasteiger partial charge in [0.1, 0.15) is 11.7 Å². The number of piperidine rings is 1. The van der Waals surface area contributed by atoms with Crippen LogP contribution in [0.2, 0.25) is 0 Å². The van der Waals surface area contributed by atoms with Crippen molar-refractivity contribution < 1.29 is 24.3 Å². The van der Waals surface area contributed by atoms with E-state index >= 15 is 0 Å². The highest BCUT2D eigenvalue weighted by Crippen LogP contribution is 2.26. The smallest absolute Gasteiger partial charge is 0.306 e. The van der Waals surface area contributed by atoms with Crippen LogP contribution in [0.15, 0.2) is 18.3 Å². The van der Waals surface area contributed by atoms with Gasteiger partial charge in [-0.1, -0.05) is 0 Å². The Balaban J connectivity index is 1.51. The van der Waals surface area contributed by atoms with Crippen LogP contribution < -0.4 is 16.0 Å². The predicted molar refractivity (Wildman–Crippen MR) is 94.9 cm³/mol. The van der Waals surface area contributed by atoms with Crippen LogP contribution in [0.3, 0.4) is 0 Å². The zero-order valence-corrected chi connectivity index (χ0v) is 14.7. The lowest BCUT2D eigenvalue weighted by atomic mass is 9.86. The normalized spacial score (nSPS) is 25.4. The zero-order valence-electron chi connectivity index (χ0n) is 14.7. The van der Waals surface area contributed by atoms with E-state index in [2.05, 4.69) is 20.9 Å². The maximum Gasteiger partial charge on any atom is 0.306 e. The van der Waals surface area contributed by atoms with Crippen molar-refractivity contribution in [3.63, 3.8) is 0 Å². The number of nitrogens with one attached hydrogen (secondary N) is 3. The van der Waals surface area contributed by atoms with Crippen molar-refractivity contribution in [3.05, 3.63) is 24.0 Å². The summed E-state index contributed by atoms with van der Waals surface area (Å²) in [6.45, 7) is 0. The quantitative estimate of drug-likeness (QED) is 0.556. The van der Waals surface area contributed by atoms with Gasteiger partial charge in [0.25, 0.3) is 5.91 Å². The Morgan fingerprint density at radius 1 is 1.11 bits per heavy atom. The molecule has 1 saturated heterocycles. The van der Waals surface area contributed by atoms with Crippen molar-refractivity contribution in [1.29, 1.82) is 0 Å². The second-order valence-electron chi connectivity index (χ2n) is 6.94. The van der Waals surface area contributed by atoms with Gasteiger partial charge < -0.3 is 15.7 Å². The number of carboxylic acids is 1. The van der Waals surface area contributed by atoms with E-state index in [1.54, 1.807) is 18.3 Å². The molecular weight excluding hydrogens is 352 g/mol. The van der Waals surface area contributed by atoms with Crippen LogP contribution in [0.4, 0.5) is 5.69 Å². The molecule has 9 heteroatoms. The van der Waals surface area contributed by atoms with E-state index in [9.17, 15) is 19.2 Å². The highest BCUT2D eigenvalue weighted by molar-refractivity contribution is 6.03. The molecule has 0 bridgehead atoms. The third kappa shape index (κ3) is 4.81. The van der Waals surface area contributed by atoms with Crippen molar-refractivity contribution in [2.75, 3.05) is 5.32 Å². The number of carbonyl (C=O) groups is 4. The van der Waals surface area contributed by atoms with E-state index in [1.807, 2.05) is 0 Å². The topological polar surface area (TPSA) is 137 Å². The SMILES string of the molecule is O=C1CCC(NC(=O)c2ccc(NC3CCC(C(=O)O)CC3)cn2)C(=O)N1. The Hall–Kier alpha value is -2.97. The number of anilines is 1. The summed E-state index contributed by atoms with van der Waals surface area (Å²) in [5.74, 6) is -2.31. The lowest BCUT2D eigenvalue weighted by Gasteiger charge is -2.27. The molecule has 3 amide bonds. The minimum atomic E-state index is -0.737. The summed E-state index contributed by atoms with van der Waals surface area (Å²) < 4.78 is 0. The van der Waals surface area contributed by atoms with Crippen molar-refractivity contribution >= 4 is 29.4 Å². The van der Waals surface area contributed by atoms with E-state index < -0.39 is 23.8 Å². The first-order valence-electron chi connectivity index (χ1n) is 9.02. The van der Waals surface area contributed by atoms with Crippen LogP contribution in [0.1, 0.15) is 49.0 Å². The first-order valence-corrected chi connectivity index (χ1v) is 9.02. The van der Waals surface area contributed by atoms with Gasteiger partial charge in [-0.25, -0.2) is 4.98 Å². The molecule has 144 valence electrons. The number of rotatable bonds is 5. The number of aromatic nitrogens is 1. The summed E-state index contributed by atoms with van der Waals surface area (Å²) in [6, 6.07) is 2.74. The molecule has 2 heterocycles. The Morgan fingerprint density at radius 3 is 2.44 bits per heavy atom. The Kier molecular flexibility index (Phi) is 5.68. The lowest BCUT2D eigenvalue weighted by Crippen LogP contribution is -2.52. The standard InChI is InChI=1S/C18H22N4O5/c23-15-8-7-14(17(25)22-15)21-16(24)13-6-5-12(9-19-13)20-11-3-1-10(2-4-11)18(26)27/h5-6,9-11,14,20H,1-4,7-8H2,(H,21,24)(H,26,27)(H,22,23,25). The molecule has 0 spiro atoms. The van der Waals surface area contributed by atoms with Gasteiger partial charge >= 0.3 is 5.97 Å². The number of amides is 3. The van der Waals surface area contributed by atoms with E-state index in [0.717, 1.165) is 18.5 Å². The van der Waals surface area contributed by atoms with Crippen molar-refractivity contribution in [3.8, 4) is 0 Å². The molecule has 27 heavy (non-hydrogen) atoms. The number of carboxylic acid groups (broad SMARTS) is 1. The van der Waals surface area contributed by atoms with Gasteiger partial charge in [-0.2, -0.15) is 0 Å². The Bertz CT molecular complexity index is 741. The largest absolute Gasteiger partial charge is 0.481 e. The third-order valence-corrected chi connectivity index (χ3v) is 4.99. The first-order chi connectivity index (χ1) is 12.9. The van der Waals surface area contributed by atoms with Crippen molar-refractivity contribution in [1.82, 2.24) is 15.6 Å². The molecule has 0 aromatic carbocycles. The third-order valence-electron chi connectivity index (χ3n) is 4.99. The second kappa shape index (κ2) is 8.15. The molecule has 9 nitrogen and oxygen atoms in total. The molecule has 3 rings (SSSR count). The van der Waals surface area contributed by atoms with Gasteiger partial charge in [-0.3, -0.25) is 24.5 Å². The number of aliphatic carboxylic acids is 1. The summed E-state index contributed by atoms with van der Waals surface area (Å²) in [5, 5.41) is 17.1. The number of hydrogen-bond acceptors (Lipinski definition) is 6. The fourth-order valence-corrected chi connectivity index (χ4v) is 3.40. The van der Waals surface area contributed by atoms with Gasteiger partial charge in [0.05, 0.1) is 17.8 Å². The molecule has 2 fully saturated rings. The average molecular weight is 374 g/mol. The van der Waals surface area contributed by atoms with E-state index in [-0.39, 0.29) is 36.4 Å². The molecule has 1 aromatic rings. The van der Waals surface area contributed by atoms with E-state index in [1.165, 1.54) is 0 Å². The molecule has 1 aliphatic heterocycles.